The standard InChI is InChI=1S/C8H9F3N2O2S/c1-4-2-5(8(9,10)11)3-6(7(4)12)16(13,14)15/h2-3H,12H2,1H3,(H2,13,14,15). The molecule has 0 aliphatic carbocycles. The van der Waals surface area contributed by atoms with Gasteiger partial charge in [-0.15, -0.1) is 0 Å². The summed E-state index contributed by atoms with van der Waals surface area (Å²) in [5.74, 6) is 0. The second-order valence-corrected chi connectivity index (χ2v) is 4.78. The van der Waals surface area contributed by atoms with Crippen molar-refractivity contribution in [2.24, 2.45) is 5.14 Å². The van der Waals surface area contributed by atoms with Gasteiger partial charge >= 0.3 is 6.18 Å². The van der Waals surface area contributed by atoms with Crippen LogP contribution in [0.3, 0.4) is 0 Å². The summed E-state index contributed by atoms with van der Waals surface area (Å²) in [6, 6.07) is 1.20. The zero-order valence-corrected chi connectivity index (χ0v) is 8.98. The molecule has 8 heteroatoms. The lowest BCUT2D eigenvalue weighted by atomic mass is 10.1. The van der Waals surface area contributed by atoms with Crippen molar-refractivity contribution in [1.82, 2.24) is 0 Å². The van der Waals surface area contributed by atoms with Gasteiger partial charge in [0.15, 0.2) is 0 Å². The van der Waals surface area contributed by atoms with Gasteiger partial charge in [0.05, 0.1) is 11.3 Å². The fourth-order valence-electron chi connectivity index (χ4n) is 1.17. The van der Waals surface area contributed by atoms with E-state index in [9.17, 15) is 21.6 Å². The molecule has 0 aliphatic rings. The highest BCUT2D eigenvalue weighted by Gasteiger charge is 2.32. The summed E-state index contributed by atoms with van der Waals surface area (Å²) < 4.78 is 59.2. The van der Waals surface area contributed by atoms with Crippen LogP contribution in [0.1, 0.15) is 11.1 Å². The van der Waals surface area contributed by atoms with Crippen molar-refractivity contribution in [3.63, 3.8) is 0 Å². The Kier molecular flexibility index (Phi) is 2.90. The van der Waals surface area contributed by atoms with E-state index in [2.05, 4.69) is 0 Å². The third kappa shape index (κ3) is 2.45. The summed E-state index contributed by atoms with van der Waals surface area (Å²) in [6.45, 7) is 1.28. The van der Waals surface area contributed by atoms with Gasteiger partial charge in [-0.2, -0.15) is 13.2 Å². The number of aryl methyl sites for hydroxylation is 1. The highest BCUT2D eigenvalue weighted by atomic mass is 32.2. The smallest absolute Gasteiger partial charge is 0.397 e. The van der Waals surface area contributed by atoms with E-state index in [1.165, 1.54) is 6.92 Å². The average Bonchev–Trinajstić information content (AvgIpc) is 2.05. The van der Waals surface area contributed by atoms with Crippen molar-refractivity contribution in [2.75, 3.05) is 5.73 Å². The van der Waals surface area contributed by atoms with Crippen molar-refractivity contribution < 1.29 is 21.6 Å². The Morgan fingerprint density at radius 1 is 1.25 bits per heavy atom. The minimum Gasteiger partial charge on any atom is -0.397 e. The van der Waals surface area contributed by atoms with Crippen LogP contribution in [-0.4, -0.2) is 8.42 Å². The largest absolute Gasteiger partial charge is 0.416 e. The van der Waals surface area contributed by atoms with Gasteiger partial charge in [0, 0.05) is 0 Å². The summed E-state index contributed by atoms with van der Waals surface area (Å²) in [5, 5.41) is 4.76. The van der Waals surface area contributed by atoms with Crippen LogP contribution < -0.4 is 10.9 Å². The van der Waals surface area contributed by atoms with Crippen molar-refractivity contribution in [1.29, 1.82) is 0 Å². The highest BCUT2D eigenvalue weighted by molar-refractivity contribution is 7.89. The van der Waals surface area contributed by atoms with E-state index >= 15 is 0 Å². The van der Waals surface area contributed by atoms with Gasteiger partial charge in [-0.25, -0.2) is 13.6 Å². The number of alkyl halides is 3. The molecule has 0 unspecified atom stereocenters. The first-order valence-corrected chi connectivity index (χ1v) is 5.58. The number of rotatable bonds is 1. The molecule has 0 atom stereocenters. The maximum absolute atomic E-state index is 12.4. The molecule has 0 saturated heterocycles. The van der Waals surface area contributed by atoms with Crippen LogP contribution in [0.4, 0.5) is 18.9 Å². The Morgan fingerprint density at radius 3 is 2.12 bits per heavy atom. The van der Waals surface area contributed by atoms with Crippen molar-refractivity contribution in [3.05, 3.63) is 23.3 Å². The van der Waals surface area contributed by atoms with Gasteiger partial charge in [0.25, 0.3) is 0 Å². The first-order valence-electron chi connectivity index (χ1n) is 4.03. The molecule has 0 spiro atoms. The third-order valence-electron chi connectivity index (χ3n) is 1.98. The number of primary sulfonamides is 1. The van der Waals surface area contributed by atoms with Crippen LogP contribution >= 0.6 is 0 Å². The van der Waals surface area contributed by atoms with Crippen LogP contribution in [0.5, 0.6) is 0 Å². The summed E-state index contributed by atoms with van der Waals surface area (Å²) >= 11 is 0. The monoisotopic (exact) mass is 254 g/mol. The fraction of sp³-hybridized carbons (Fsp3) is 0.250. The first kappa shape index (κ1) is 12.8. The normalized spacial score (nSPS) is 12.8. The zero-order valence-electron chi connectivity index (χ0n) is 8.17. The van der Waals surface area contributed by atoms with Gasteiger partial charge in [-0.1, -0.05) is 0 Å². The Hall–Kier alpha value is -1.28. The molecule has 16 heavy (non-hydrogen) atoms. The lowest BCUT2D eigenvalue weighted by Gasteiger charge is -2.12. The Morgan fingerprint density at radius 2 is 1.75 bits per heavy atom. The van der Waals surface area contributed by atoms with E-state index in [-0.39, 0.29) is 11.3 Å². The molecule has 0 aliphatic heterocycles. The molecular formula is C8H9F3N2O2S. The van der Waals surface area contributed by atoms with Crippen LogP contribution in [0.2, 0.25) is 0 Å². The predicted molar refractivity (Wildman–Crippen MR) is 52.0 cm³/mol. The fourth-order valence-corrected chi connectivity index (χ4v) is 1.92. The van der Waals surface area contributed by atoms with Gasteiger partial charge in [-0.05, 0) is 24.6 Å². The Labute approximate surface area is 90.1 Å². The van der Waals surface area contributed by atoms with E-state index in [1.54, 1.807) is 0 Å². The van der Waals surface area contributed by atoms with E-state index in [0.717, 1.165) is 6.07 Å². The third-order valence-corrected chi connectivity index (χ3v) is 2.93. The van der Waals surface area contributed by atoms with Gasteiger partial charge in [0.1, 0.15) is 4.90 Å². The first-order chi connectivity index (χ1) is 7.03. The lowest BCUT2D eigenvalue weighted by molar-refractivity contribution is -0.137. The lowest BCUT2D eigenvalue weighted by Crippen LogP contribution is -2.17. The molecule has 0 fully saturated rings. The molecule has 90 valence electrons. The molecule has 0 amide bonds. The van der Waals surface area contributed by atoms with Gasteiger partial charge < -0.3 is 5.73 Å². The molecule has 1 rings (SSSR count). The quantitative estimate of drug-likeness (QED) is 0.739. The Bertz CT molecular complexity index is 523. The maximum atomic E-state index is 12.4. The SMILES string of the molecule is Cc1cc(C(F)(F)F)cc(S(N)(=O)=O)c1N. The molecular weight excluding hydrogens is 245 g/mol. The molecule has 1 aromatic carbocycles. The zero-order chi connectivity index (χ0) is 12.7. The van der Waals surface area contributed by atoms with E-state index in [0.29, 0.717) is 6.07 Å². The topological polar surface area (TPSA) is 86.2 Å². The number of anilines is 1. The van der Waals surface area contributed by atoms with Crippen LogP contribution in [0.15, 0.2) is 17.0 Å². The van der Waals surface area contributed by atoms with Crippen molar-refractivity contribution in [3.8, 4) is 0 Å². The number of halogens is 3. The number of hydrogen-bond acceptors (Lipinski definition) is 3. The maximum Gasteiger partial charge on any atom is 0.416 e. The minimum atomic E-state index is -4.64. The van der Waals surface area contributed by atoms with E-state index in [4.69, 9.17) is 10.9 Å². The van der Waals surface area contributed by atoms with E-state index < -0.39 is 26.7 Å². The molecule has 1 aromatic rings. The average molecular weight is 254 g/mol. The van der Waals surface area contributed by atoms with Crippen LogP contribution in [-0.2, 0) is 16.2 Å². The number of sulfonamides is 1. The number of hydrogen-bond donors (Lipinski definition) is 2. The molecule has 4 N–H and O–H groups in total. The summed E-state index contributed by atoms with van der Waals surface area (Å²) in [5.41, 5.74) is 4.00. The van der Waals surface area contributed by atoms with Crippen molar-refractivity contribution in [2.45, 2.75) is 18.0 Å². The van der Waals surface area contributed by atoms with Gasteiger partial charge in [-0.3, -0.25) is 0 Å². The molecule has 0 saturated carbocycles. The van der Waals surface area contributed by atoms with Crippen LogP contribution in [0.25, 0.3) is 0 Å². The van der Waals surface area contributed by atoms with E-state index in [1.807, 2.05) is 0 Å². The molecule has 0 radical (unpaired) electrons. The minimum absolute atomic E-state index is 0.0128. The highest BCUT2D eigenvalue weighted by Crippen LogP contribution is 2.34. The Balaban J connectivity index is 3.59. The molecule has 0 bridgehead atoms. The number of nitrogen functional groups attached to an aromatic ring is 1. The number of nitrogens with two attached hydrogens (primary N) is 2. The molecule has 0 heterocycles. The summed E-state index contributed by atoms with van der Waals surface area (Å²) in [6.07, 6.45) is -4.64. The second-order valence-electron chi connectivity index (χ2n) is 3.25. The summed E-state index contributed by atoms with van der Waals surface area (Å²) in [4.78, 5) is -0.708. The molecule has 4 nitrogen and oxygen atoms in total. The molecule has 0 aromatic heterocycles. The number of benzene rings is 1. The predicted octanol–water partition coefficient (Wildman–Crippen LogP) is 1.24. The van der Waals surface area contributed by atoms with Crippen LogP contribution in [0, 0.1) is 6.92 Å². The van der Waals surface area contributed by atoms with Crippen molar-refractivity contribution >= 4 is 15.7 Å². The summed E-state index contributed by atoms with van der Waals surface area (Å²) in [7, 11) is -4.26. The van der Waals surface area contributed by atoms with Gasteiger partial charge in [0.2, 0.25) is 10.0 Å². The second kappa shape index (κ2) is 3.63.